The van der Waals surface area contributed by atoms with Crippen LogP contribution in [0.2, 0.25) is 0 Å². The van der Waals surface area contributed by atoms with Crippen molar-refractivity contribution in [2.24, 2.45) is 11.8 Å². The first-order chi connectivity index (χ1) is 11.8. The van der Waals surface area contributed by atoms with E-state index in [4.69, 9.17) is 4.74 Å². The first-order valence-electron chi connectivity index (χ1n) is 8.09. The van der Waals surface area contributed by atoms with Crippen LogP contribution in [0.15, 0.2) is 23.1 Å². The Morgan fingerprint density at radius 1 is 1.32 bits per heavy atom. The molecule has 7 nitrogen and oxygen atoms in total. The van der Waals surface area contributed by atoms with Crippen molar-refractivity contribution in [3.63, 3.8) is 0 Å². The number of likely N-dealkylation sites (tertiary alicyclic amines) is 1. The quantitative estimate of drug-likeness (QED) is 0.344. The molecule has 1 aromatic rings. The Morgan fingerprint density at radius 3 is 2.52 bits per heavy atom. The van der Waals surface area contributed by atoms with Crippen LogP contribution in [0.25, 0.3) is 0 Å². The zero-order valence-electron chi connectivity index (χ0n) is 14.6. The number of nitro benzene ring substituents is 1. The van der Waals surface area contributed by atoms with Gasteiger partial charge in [-0.3, -0.25) is 14.9 Å². The van der Waals surface area contributed by atoms with Crippen LogP contribution >= 0.6 is 11.8 Å². The third-order valence-electron chi connectivity index (χ3n) is 4.16. The molecule has 2 atom stereocenters. The van der Waals surface area contributed by atoms with Crippen LogP contribution in [0.4, 0.5) is 5.69 Å². The minimum Gasteiger partial charge on any atom is -0.452 e. The number of carbonyl (C=O) groups excluding carboxylic acids is 2. The van der Waals surface area contributed by atoms with Gasteiger partial charge in [-0.25, -0.2) is 4.79 Å². The van der Waals surface area contributed by atoms with E-state index in [1.807, 2.05) is 0 Å². The van der Waals surface area contributed by atoms with Crippen LogP contribution < -0.4 is 0 Å². The molecule has 1 aromatic carbocycles. The van der Waals surface area contributed by atoms with Crippen molar-refractivity contribution in [1.29, 1.82) is 0 Å². The molecule has 1 amide bonds. The van der Waals surface area contributed by atoms with E-state index in [-0.39, 0.29) is 23.8 Å². The van der Waals surface area contributed by atoms with Gasteiger partial charge in [-0.2, -0.15) is 0 Å². The third-order valence-corrected chi connectivity index (χ3v) is 4.94. The van der Waals surface area contributed by atoms with Gasteiger partial charge in [-0.1, -0.05) is 13.8 Å². The maximum Gasteiger partial charge on any atom is 0.338 e. The van der Waals surface area contributed by atoms with E-state index in [1.54, 1.807) is 11.2 Å². The van der Waals surface area contributed by atoms with Gasteiger partial charge in [0.2, 0.25) is 0 Å². The maximum absolute atomic E-state index is 12.2. The van der Waals surface area contributed by atoms with Crippen LogP contribution in [0.3, 0.4) is 0 Å². The molecule has 0 saturated carbocycles. The molecule has 0 bridgehead atoms. The van der Waals surface area contributed by atoms with Gasteiger partial charge in [0.25, 0.3) is 11.6 Å². The number of carbonyl (C=O) groups is 2. The predicted molar refractivity (Wildman–Crippen MR) is 94.7 cm³/mol. The summed E-state index contributed by atoms with van der Waals surface area (Å²) in [5, 5.41) is 11.1. The van der Waals surface area contributed by atoms with E-state index >= 15 is 0 Å². The second-order valence-corrected chi connectivity index (χ2v) is 7.31. The first kappa shape index (κ1) is 19.2. The smallest absolute Gasteiger partial charge is 0.338 e. The van der Waals surface area contributed by atoms with Crippen LogP contribution in [-0.2, 0) is 9.53 Å². The zero-order valence-corrected chi connectivity index (χ0v) is 15.4. The summed E-state index contributed by atoms with van der Waals surface area (Å²) in [6.45, 7) is 5.16. The zero-order chi connectivity index (χ0) is 18.6. The van der Waals surface area contributed by atoms with Crippen molar-refractivity contribution in [3.05, 3.63) is 33.9 Å². The lowest BCUT2D eigenvalue weighted by molar-refractivity contribution is -0.387. The molecule has 2 rings (SSSR count). The van der Waals surface area contributed by atoms with E-state index in [2.05, 4.69) is 13.8 Å². The summed E-state index contributed by atoms with van der Waals surface area (Å²) in [5.41, 5.74) is -0.0790. The van der Waals surface area contributed by atoms with Gasteiger partial charge in [-0.05, 0) is 36.6 Å². The molecule has 1 aliphatic heterocycles. The number of hydrogen-bond acceptors (Lipinski definition) is 6. The SMILES string of the molecule is CSc1ccc(C(=O)OCC(=O)N2C[C@@H](C)C[C@H](C)C2)cc1[N+](=O)[O-]. The standard InChI is InChI=1S/C17H22N2O5S/c1-11-6-12(2)9-18(8-11)16(20)10-24-17(21)13-4-5-15(25-3)14(7-13)19(22)23/h4-5,7,11-12H,6,8-10H2,1-3H3/t11-,12-/m0/s1. The van der Waals surface area contributed by atoms with Crippen molar-refractivity contribution in [3.8, 4) is 0 Å². The summed E-state index contributed by atoms with van der Waals surface area (Å²) in [4.78, 5) is 37.1. The minimum atomic E-state index is -0.734. The number of esters is 1. The number of nitro groups is 1. The van der Waals surface area contributed by atoms with Gasteiger partial charge in [0, 0.05) is 19.2 Å². The summed E-state index contributed by atoms with van der Waals surface area (Å²) in [6.07, 6.45) is 2.80. The van der Waals surface area contributed by atoms with Crippen LogP contribution in [-0.4, -0.2) is 47.7 Å². The highest BCUT2D eigenvalue weighted by molar-refractivity contribution is 7.98. The molecule has 1 heterocycles. The molecular formula is C17H22N2O5S. The second kappa shape index (κ2) is 8.33. The fraction of sp³-hybridized carbons (Fsp3) is 0.529. The monoisotopic (exact) mass is 366 g/mol. The summed E-state index contributed by atoms with van der Waals surface area (Å²) in [6, 6.07) is 4.16. The van der Waals surface area contributed by atoms with Gasteiger partial charge in [0.05, 0.1) is 15.4 Å². The molecule has 0 aliphatic carbocycles. The Kier molecular flexibility index (Phi) is 6.41. The number of benzene rings is 1. The number of piperidine rings is 1. The van der Waals surface area contributed by atoms with Gasteiger partial charge in [0.1, 0.15) is 0 Å². The fourth-order valence-corrected chi connectivity index (χ4v) is 3.67. The number of thioether (sulfide) groups is 1. The van der Waals surface area contributed by atoms with Crippen molar-refractivity contribution in [1.82, 2.24) is 4.90 Å². The molecule has 1 aliphatic rings. The molecule has 0 radical (unpaired) electrons. The molecule has 0 unspecified atom stereocenters. The molecule has 1 fully saturated rings. The van der Waals surface area contributed by atoms with Crippen LogP contribution in [0, 0.1) is 22.0 Å². The maximum atomic E-state index is 12.2. The Balaban J connectivity index is 1.99. The lowest BCUT2D eigenvalue weighted by Gasteiger charge is -2.34. The van der Waals surface area contributed by atoms with E-state index in [0.717, 1.165) is 6.42 Å². The Morgan fingerprint density at radius 2 is 1.96 bits per heavy atom. The molecule has 0 spiro atoms. The van der Waals surface area contributed by atoms with Crippen LogP contribution in [0.5, 0.6) is 0 Å². The predicted octanol–water partition coefficient (Wildman–Crippen LogP) is 2.98. The Labute approximate surface area is 150 Å². The first-order valence-corrected chi connectivity index (χ1v) is 9.31. The summed E-state index contributed by atoms with van der Waals surface area (Å²) in [5.74, 6) is -0.125. The average molecular weight is 366 g/mol. The number of nitrogens with zero attached hydrogens (tertiary/aromatic N) is 2. The second-order valence-electron chi connectivity index (χ2n) is 6.46. The van der Waals surface area contributed by atoms with Crippen molar-refractivity contribution >= 4 is 29.3 Å². The topological polar surface area (TPSA) is 89.8 Å². The lowest BCUT2D eigenvalue weighted by Crippen LogP contribution is -2.44. The normalized spacial score (nSPS) is 20.2. The van der Waals surface area contributed by atoms with Crippen molar-refractivity contribution < 1.29 is 19.2 Å². The number of rotatable bonds is 5. The molecule has 0 N–H and O–H groups in total. The molecule has 1 saturated heterocycles. The Hall–Kier alpha value is -2.09. The van der Waals surface area contributed by atoms with Gasteiger partial charge >= 0.3 is 5.97 Å². The minimum absolute atomic E-state index is 0.0673. The summed E-state index contributed by atoms with van der Waals surface area (Å²) >= 11 is 1.23. The molecule has 25 heavy (non-hydrogen) atoms. The summed E-state index contributed by atoms with van der Waals surface area (Å²) < 4.78 is 5.06. The molecule has 0 aromatic heterocycles. The number of hydrogen-bond donors (Lipinski definition) is 0. The molecular weight excluding hydrogens is 344 g/mol. The Bertz CT molecular complexity index is 669. The highest BCUT2D eigenvalue weighted by Crippen LogP contribution is 2.28. The largest absolute Gasteiger partial charge is 0.452 e. The van der Waals surface area contributed by atoms with E-state index in [0.29, 0.717) is 29.8 Å². The average Bonchev–Trinajstić information content (AvgIpc) is 2.57. The van der Waals surface area contributed by atoms with E-state index in [1.165, 1.54) is 30.0 Å². The lowest BCUT2D eigenvalue weighted by atomic mass is 9.92. The highest BCUT2D eigenvalue weighted by atomic mass is 32.2. The van der Waals surface area contributed by atoms with E-state index < -0.39 is 10.9 Å². The van der Waals surface area contributed by atoms with Crippen molar-refractivity contribution in [2.45, 2.75) is 25.2 Å². The number of ether oxygens (including phenoxy) is 1. The van der Waals surface area contributed by atoms with Crippen molar-refractivity contribution in [2.75, 3.05) is 26.0 Å². The summed E-state index contributed by atoms with van der Waals surface area (Å²) in [7, 11) is 0. The van der Waals surface area contributed by atoms with E-state index in [9.17, 15) is 19.7 Å². The van der Waals surface area contributed by atoms with Gasteiger partial charge in [-0.15, -0.1) is 11.8 Å². The van der Waals surface area contributed by atoms with Gasteiger partial charge < -0.3 is 9.64 Å². The van der Waals surface area contributed by atoms with Crippen LogP contribution in [0.1, 0.15) is 30.6 Å². The van der Waals surface area contributed by atoms with Gasteiger partial charge in [0.15, 0.2) is 6.61 Å². The highest BCUT2D eigenvalue weighted by Gasteiger charge is 2.26. The number of amides is 1. The fourth-order valence-electron chi connectivity index (χ4n) is 3.13. The third kappa shape index (κ3) is 4.94. The molecule has 136 valence electrons. The molecule has 8 heteroatoms.